The van der Waals surface area contributed by atoms with Crippen LogP contribution in [0, 0.1) is 5.92 Å². The highest BCUT2D eigenvalue weighted by Crippen LogP contribution is 2.28. The molecule has 1 heterocycles. The van der Waals surface area contributed by atoms with Crippen LogP contribution in [0.3, 0.4) is 0 Å². The molecule has 1 aromatic rings. The molecule has 2 rings (SSSR count). The zero-order valence-electron chi connectivity index (χ0n) is 9.69. The first-order valence-electron chi connectivity index (χ1n) is 6.13. The molecule has 0 amide bonds. The molecule has 3 heteroatoms. The summed E-state index contributed by atoms with van der Waals surface area (Å²) >= 11 is 0. The van der Waals surface area contributed by atoms with Crippen LogP contribution in [0.5, 0.6) is 0 Å². The van der Waals surface area contributed by atoms with Gasteiger partial charge in [-0.25, -0.2) is 0 Å². The van der Waals surface area contributed by atoms with Crippen molar-refractivity contribution in [3.05, 3.63) is 30.1 Å². The molecule has 0 aliphatic heterocycles. The van der Waals surface area contributed by atoms with Crippen LogP contribution in [0.25, 0.3) is 0 Å². The Morgan fingerprint density at radius 2 is 2.25 bits per heavy atom. The van der Waals surface area contributed by atoms with Crippen molar-refractivity contribution in [2.75, 3.05) is 26.3 Å². The van der Waals surface area contributed by atoms with Gasteiger partial charge >= 0.3 is 0 Å². The second-order valence-electron chi connectivity index (χ2n) is 4.34. The monoisotopic (exact) mass is 220 g/mol. The van der Waals surface area contributed by atoms with Crippen molar-refractivity contribution in [2.45, 2.75) is 19.3 Å². The van der Waals surface area contributed by atoms with Crippen LogP contribution in [0.15, 0.2) is 24.4 Å². The van der Waals surface area contributed by atoms with E-state index in [4.69, 9.17) is 4.74 Å². The highest BCUT2D eigenvalue weighted by molar-refractivity contribution is 5.03. The number of nitrogens with one attached hydrogen (secondary N) is 1. The van der Waals surface area contributed by atoms with Crippen LogP contribution in [0.2, 0.25) is 0 Å². The van der Waals surface area contributed by atoms with Gasteiger partial charge in [-0.15, -0.1) is 0 Å². The molecule has 0 aromatic carbocycles. The van der Waals surface area contributed by atoms with Crippen molar-refractivity contribution in [2.24, 2.45) is 5.92 Å². The Balaban J connectivity index is 1.42. The summed E-state index contributed by atoms with van der Waals surface area (Å²) in [5.41, 5.74) is 1.15. The third kappa shape index (κ3) is 4.73. The fourth-order valence-corrected chi connectivity index (χ4v) is 1.57. The van der Waals surface area contributed by atoms with Gasteiger partial charge in [0.2, 0.25) is 0 Å². The molecule has 1 aliphatic rings. The standard InChI is InChI=1S/C13H20N2O/c1-2-7-15-13(3-1)6-8-14-9-10-16-11-12-4-5-12/h1-3,7,12,14H,4-6,8-11H2. The molecular formula is C13H20N2O. The number of nitrogens with zero attached hydrogens (tertiary/aromatic N) is 1. The third-order valence-corrected chi connectivity index (χ3v) is 2.76. The fraction of sp³-hybridized carbons (Fsp3) is 0.615. The number of ether oxygens (including phenoxy) is 1. The zero-order valence-corrected chi connectivity index (χ0v) is 9.69. The average molecular weight is 220 g/mol. The Morgan fingerprint density at radius 1 is 1.31 bits per heavy atom. The largest absolute Gasteiger partial charge is 0.380 e. The fourth-order valence-electron chi connectivity index (χ4n) is 1.57. The van der Waals surface area contributed by atoms with Gasteiger partial charge in [-0.1, -0.05) is 6.07 Å². The molecule has 1 aromatic heterocycles. The van der Waals surface area contributed by atoms with E-state index in [1.807, 2.05) is 18.3 Å². The minimum Gasteiger partial charge on any atom is -0.380 e. The first-order valence-corrected chi connectivity index (χ1v) is 6.13. The second kappa shape index (κ2) is 6.61. The molecule has 1 fully saturated rings. The molecule has 0 bridgehead atoms. The lowest BCUT2D eigenvalue weighted by atomic mass is 10.3. The highest BCUT2D eigenvalue weighted by atomic mass is 16.5. The van der Waals surface area contributed by atoms with E-state index >= 15 is 0 Å². The molecule has 3 nitrogen and oxygen atoms in total. The van der Waals surface area contributed by atoms with Gasteiger partial charge in [0.15, 0.2) is 0 Å². The number of pyridine rings is 1. The van der Waals surface area contributed by atoms with Crippen molar-refractivity contribution >= 4 is 0 Å². The van der Waals surface area contributed by atoms with Gasteiger partial charge in [0.05, 0.1) is 6.61 Å². The van der Waals surface area contributed by atoms with E-state index in [2.05, 4.69) is 16.4 Å². The minimum atomic E-state index is 0.832. The predicted molar refractivity (Wildman–Crippen MR) is 64.4 cm³/mol. The molecule has 0 saturated heterocycles. The van der Waals surface area contributed by atoms with E-state index in [1.54, 1.807) is 0 Å². The van der Waals surface area contributed by atoms with Gasteiger partial charge in [0.1, 0.15) is 0 Å². The summed E-state index contributed by atoms with van der Waals surface area (Å²) in [5, 5.41) is 3.36. The van der Waals surface area contributed by atoms with E-state index in [9.17, 15) is 0 Å². The van der Waals surface area contributed by atoms with Gasteiger partial charge in [-0.2, -0.15) is 0 Å². The molecule has 0 spiro atoms. The summed E-state index contributed by atoms with van der Waals surface area (Å²) in [5.74, 6) is 0.869. The van der Waals surface area contributed by atoms with E-state index in [0.717, 1.165) is 44.3 Å². The smallest absolute Gasteiger partial charge is 0.0591 e. The first-order chi connectivity index (χ1) is 7.95. The van der Waals surface area contributed by atoms with Gasteiger partial charge in [-0.05, 0) is 30.9 Å². The molecule has 0 unspecified atom stereocenters. The Bertz CT molecular complexity index is 285. The predicted octanol–water partition coefficient (Wildman–Crippen LogP) is 1.64. The number of aromatic nitrogens is 1. The molecule has 1 N–H and O–H groups in total. The van der Waals surface area contributed by atoms with Gasteiger partial charge in [-0.3, -0.25) is 4.98 Å². The molecule has 0 atom stereocenters. The topological polar surface area (TPSA) is 34.1 Å². The number of hydrogen-bond donors (Lipinski definition) is 1. The molecule has 88 valence electrons. The Morgan fingerprint density at radius 3 is 3.00 bits per heavy atom. The Kier molecular flexibility index (Phi) is 4.77. The summed E-state index contributed by atoms with van der Waals surface area (Å²) in [4.78, 5) is 4.27. The van der Waals surface area contributed by atoms with Crippen LogP contribution in [-0.4, -0.2) is 31.3 Å². The van der Waals surface area contributed by atoms with Crippen molar-refractivity contribution in [3.63, 3.8) is 0 Å². The van der Waals surface area contributed by atoms with Crippen molar-refractivity contribution < 1.29 is 4.74 Å². The normalized spacial score (nSPS) is 15.2. The Hall–Kier alpha value is -0.930. The van der Waals surface area contributed by atoms with E-state index < -0.39 is 0 Å². The SMILES string of the molecule is c1ccc(CCNCCOCC2CC2)nc1. The van der Waals surface area contributed by atoms with Gasteiger partial charge in [0, 0.05) is 38.0 Å². The summed E-state index contributed by atoms with van der Waals surface area (Å²) in [6, 6.07) is 6.04. The second-order valence-corrected chi connectivity index (χ2v) is 4.34. The number of hydrogen-bond acceptors (Lipinski definition) is 3. The lowest BCUT2D eigenvalue weighted by Gasteiger charge is -2.05. The number of rotatable bonds is 8. The molecule has 1 saturated carbocycles. The van der Waals surface area contributed by atoms with Crippen LogP contribution in [-0.2, 0) is 11.2 Å². The lowest BCUT2D eigenvalue weighted by molar-refractivity contribution is 0.126. The lowest BCUT2D eigenvalue weighted by Crippen LogP contribution is -2.22. The summed E-state index contributed by atoms with van der Waals surface area (Å²) in [6.07, 6.45) is 5.57. The minimum absolute atomic E-state index is 0.832. The maximum Gasteiger partial charge on any atom is 0.0591 e. The van der Waals surface area contributed by atoms with Crippen LogP contribution in [0.1, 0.15) is 18.5 Å². The van der Waals surface area contributed by atoms with E-state index in [0.29, 0.717) is 0 Å². The first kappa shape index (κ1) is 11.6. The van der Waals surface area contributed by atoms with Gasteiger partial charge < -0.3 is 10.1 Å². The van der Waals surface area contributed by atoms with Crippen molar-refractivity contribution in [3.8, 4) is 0 Å². The third-order valence-electron chi connectivity index (χ3n) is 2.76. The van der Waals surface area contributed by atoms with Crippen molar-refractivity contribution in [1.82, 2.24) is 10.3 Å². The van der Waals surface area contributed by atoms with Crippen LogP contribution < -0.4 is 5.32 Å². The molecule has 0 radical (unpaired) electrons. The van der Waals surface area contributed by atoms with Crippen molar-refractivity contribution in [1.29, 1.82) is 0 Å². The van der Waals surface area contributed by atoms with Crippen LogP contribution in [0.4, 0.5) is 0 Å². The molecular weight excluding hydrogens is 200 g/mol. The summed E-state index contributed by atoms with van der Waals surface area (Å²) < 4.78 is 5.53. The highest BCUT2D eigenvalue weighted by Gasteiger charge is 2.20. The summed E-state index contributed by atoms with van der Waals surface area (Å²) in [7, 11) is 0. The maximum atomic E-state index is 5.53. The average Bonchev–Trinajstić information content (AvgIpc) is 3.13. The van der Waals surface area contributed by atoms with Gasteiger partial charge in [0.25, 0.3) is 0 Å². The quantitative estimate of drug-likeness (QED) is 0.676. The maximum absolute atomic E-state index is 5.53. The summed E-state index contributed by atoms with van der Waals surface area (Å²) in [6.45, 7) is 3.71. The van der Waals surface area contributed by atoms with Crippen LogP contribution >= 0.6 is 0 Å². The van der Waals surface area contributed by atoms with E-state index in [-0.39, 0.29) is 0 Å². The zero-order chi connectivity index (χ0) is 11.1. The van der Waals surface area contributed by atoms with E-state index in [1.165, 1.54) is 12.8 Å². The Labute approximate surface area is 97.2 Å². The molecule has 16 heavy (non-hydrogen) atoms. The molecule has 1 aliphatic carbocycles.